The van der Waals surface area contributed by atoms with E-state index in [-0.39, 0.29) is 17.0 Å². The molecule has 0 radical (unpaired) electrons. The van der Waals surface area contributed by atoms with Gasteiger partial charge in [0.1, 0.15) is 5.75 Å². The summed E-state index contributed by atoms with van der Waals surface area (Å²) in [6.07, 6.45) is 4.71. The molecule has 7 heteroatoms. The summed E-state index contributed by atoms with van der Waals surface area (Å²) in [7, 11) is 0. The van der Waals surface area contributed by atoms with Crippen molar-refractivity contribution in [2.75, 3.05) is 0 Å². The minimum atomic E-state index is -0.559. The molecule has 20 heavy (non-hydrogen) atoms. The molecule has 0 bridgehead atoms. The number of aryl methyl sites for hydroxylation is 1. The molecule has 0 aliphatic rings. The zero-order valence-electron chi connectivity index (χ0n) is 10.9. The predicted octanol–water partition coefficient (Wildman–Crippen LogP) is 2.81. The molecule has 0 unspecified atom stereocenters. The second kappa shape index (κ2) is 5.96. The molecule has 1 aromatic carbocycles. The molecule has 1 heterocycles. The minimum Gasteiger partial charge on any atom is -0.453 e. The van der Waals surface area contributed by atoms with Crippen molar-refractivity contribution in [3.05, 3.63) is 46.3 Å². The maximum Gasteiger partial charge on any atom is 0.270 e. The Morgan fingerprint density at radius 1 is 1.50 bits per heavy atom. The number of benzene rings is 1. The van der Waals surface area contributed by atoms with Crippen molar-refractivity contribution < 1.29 is 14.5 Å². The third-order valence-electron chi connectivity index (χ3n) is 2.62. The van der Waals surface area contributed by atoms with E-state index in [1.165, 1.54) is 24.4 Å². The van der Waals surface area contributed by atoms with Gasteiger partial charge in [0, 0.05) is 18.7 Å². The van der Waals surface area contributed by atoms with Crippen molar-refractivity contribution in [2.24, 2.45) is 0 Å². The van der Waals surface area contributed by atoms with Crippen LogP contribution in [0.15, 0.2) is 30.6 Å². The highest BCUT2D eigenvalue weighted by Gasteiger charge is 2.12. The fourth-order valence-corrected chi connectivity index (χ4v) is 1.71. The van der Waals surface area contributed by atoms with Crippen molar-refractivity contribution in [2.45, 2.75) is 19.9 Å². The molecule has 0 aliphatic carbocycles. The van der Waals surface area contributed by atoms with Gasteiger partial charge in [-0.3, -0.25) is 19.6 Å². The number of carbonyl (C=O) groups is 1. The van der Waals surface area contributed by atoms with Gasteiger partial charge < -0.3 is 4.74 Å². The number of hydrogen-bond donors (Lipinski definition) is 0. The molecule has 0 saturated carbocycles. The number of nitrogens with zero attached hydrogens (tertiary/aromatic N) is 3. The zero-order valence-corrected chi connectivity index (χ0v) is 10.9. The number of aromatic nitrogens is 2. The van der Waals surface area contributed by atoms with Crippen LogP contribution >= 0.6 is 0 Å². The Bertz CT molecular complexity index is 636. The van der Waals surface area contributed by atoms with Crippen LogP contribution in [0, 0.1) is 10.1 Å². The first kappa shape index (κ1) is 13.7. The van der Waals surface area contributed by atoms with Crippen LogP contribution in [0.3, 0.4) is 0 Å². The highest BCUT2D eigenvalue weighted by atomic mass is 16.6. The van der Waals surface area contributed by atoms with Crippen LogP contribution in [0.5, 0.6) is 11.5 Å². The monoisotopic (exact) mass is 275 g/mol. The van der Waals surface area contributed by atoms with Crippen LogP contribution in [-0.2, 0) is 6.54 Å². The zero-order chi connectivity index (χ0) is 14.5. The van der Waals surface area contributed by atoms with Gasteiger partial charge in [-0.1, -0.05) is 6.92 Å². The Morgan fingerprint density at radius 2 is 2.30 bits per heavy atom. The lowest BCUT2D eigenvalue weighted by Gasteiger charge is -2.05. The van der Waals surface area contributed by atoms with Crippen LogP contribution in [0.1, 0.15) is 23.7 Å². The van der Waals surface area contributed by atoms with Gasteiger partial charge >= 0.3 is 0 Å². The maximum absolute atomic E-state index is 11.0. The molecule has 0 atom stereocenters. The van der Waals surface area contributed by atoms with E-state index in [1.54, 1.807) is 10.9 Å². The molecule has 0 N–H and O–H groups in total. The van der Waals surface area contributed by atoms with Crippen molar-refractivity contribution in [3.8, 4) is 11.5 Å². The number of hydrogen-bond acceptors (Lipinski definition) is 5. The molecule has 0 amide bonds. The smallest absolute Gasteiger partial charge is 0.270 e. The van der Waals surface area contributed by atoms with Crippen molar-refractivity contribution in [1.29, 1.82) is 0 Å². The third-order valence-corrected chi connectivity index (χ3v) is 2.62. The summed E-state index contributed by atoms with van der Waals surface area (Å²) < 4.78 is 7.25. The predicted molar refractivity (Wildman–Crippen MR) is 71.1 cm³/mol. The van der Waals surface area contributed by atoms with Crippen LogP contribution in [0.2, 0.25) is 0 Å². The van der Waals surface area contributed by atoms with E-state index in [4.69, 9.17) is 4.74 Å². The van der Waals surface area contributed by atoms with Crippen LogP contribution in [-0.4, -0.2) is 21.0 Å². The Labute approximate surface area is 114 Å². The number of rotatable bonds is 6. The Balaban J connectivity index is 2.23. The summed E-state index contributed by atoms with van der Waals surface area (Å²) in [4.78, 5) is 21.1. The van der Waals surface area contributed by atoms with Gasteiger partial charge in [0.25, 0.3) is 5.69 Å². The second-order valence-electron chi connectivity index (χ2n) is 4.14. The Morgan fingerprint density at radius 3 is 2.95 bits per heavy atom. The van der Waals surface area contributed by atoms with E-state index in [0.717, 1.165) is 13.0 Å². The van der Waals surface area contributed by atoms with E-state index in [0.29, 0.717) is 12.0 Å². The SMILES string of the molecule is CCCn1cc(Oc2ccc([N+](=O)[O-])cc2C=O)cn1. The summed E-state index contributed by atoms with van der Waals surface area (Å²) in [5.74, 6) is 0.747. The van der Waals surface area contributed by atoms with E-state index in [1.807, 2.05) is 6.92 Å². The van der Waals surface area contributed by atoms with Gasteiger partial charge in [-0.2, -0.15) is 5.10 Å². The van der Waals surface area contributed by atoms with Gasteiger partial charge in [-0.05, 0) is 12.5 Å². The van der Waals surface area contributed by atoms with E-state index in [9.17, 15) is 14.9 Å². The summed E-state index contributed by atoms with van der Waals surface area (Å²) in [6.45, 7) is 2.80. The Kier molecular flexibility index (Phi) is 4.09. The molecule has 2 aromatic rings. The molecule has 7 nitrogen and oxygen atoms in total. The fraction of sp³-hybridized carbons (Fsp3) is 0.231. The maximum atomic E-state index is 11.0. The lowest BCUT2D eigenvalue weighted by molar-refractivity contribution is -0.384. The average Bonchev–Trinajstić information content (AvgIpc) is 2.87. The van der Waals surface area contributed by atoms with Gasteiger partial charge in [0.2, 0.25) is 0 Å². The molecule has 0 fully saturated rings. The lowest BCUT2D eigenvalue weighted by Crippen LogP contribution is -1.96. The highest BCUT2D eigenvalue weighted by molar-refractivity contribution is 5.80. The summed E-state index contributed by atoms with van der Waals surface area (Å²) in [5.41, 5.74) is -0.0245. The van der Waals surface area contributed by atoms with Gasteiger partial charge in [-0.15, -0.1) is 0 Å². The second-order valence-corrected chi connectivity index (χ2v) is 4.14. The third kappa shape index (κ3) is 3.00. The molecule has 0 spiro atoms. The van der Waals surface area contributed by atoms with Gasteiger partial charge in [0.15, 0.2) is 12.0 Å². The molecule has 104 valence electrons. The minimum absolute atomic E-state index is 0.127. The number of nitro benzene ring substituents is 1. The number of non-ortho nitro benzene ring substituents is 1. The molecule has 0 saturated heterocycles. The molecule has 2 rings (SSSR count). The normalized spacial score (nSPS) is 10.2. The van der Waals surface area contributed by atoms with E-state index in [2.05, 4.69) is 5.10 Å². The van der Waals surface area contributed by atoms with Crippen molar-refractivity contribution >= 4 is 12.0 Å². The molecular weight excluding hydrogens is 262 g/mol. The van der Waals surface area contributed by atoms with Crippen LogP contribution < -0.4 is 4.74 Å². The average molecular weight is 275 g/mol. The number of aldehydes is 1. The van der Waals surface area contributed by atoms with E-state index >= 15 is 0 Å². The fourth-order valence-electron chi connectivity index (χ4n) is 1.71. The largest absolute Gasteiger partial charge is 0.453 e. The summed E-state index contributed by atoms with van der Waals surface area (Å²) in [6, 6.07) is 3.87. The number of nitro groups is 1. The van der Waals surface area contributed by atoms with Gasteiger partial charge in [-0.25, -0.2) is 0 Å². The van der Waals surface area contributed by atoms with Crippen LogP contribution in [0.4, 0.5) is 5.69 Å². The number of ether oxygens (including phenoxy) is 1. The van der Waals surface area contributed by atoms with Crippen molar-refractivity contribution in [3.63, 3.8) is 0 Å². The lowest BCUT2D eigenvalue weighted by atomic mass is 10.2. The topological polar surface area (TPSA) is 87.3 Å². The van der Waals surface area contributed by atoms with Crippen LogP contribution in [0.25, 0.3) is 0 Å². The molecule has 0 aliphatic heterocycles. The first-order chi connectivity index (χ1) is 9.63. The highest BCUT2D eigenvalue weighted by Crippen LogP contribution is 2.27. The standard InChI is InChI=1S/C13H13N3O4/c1-2-5-15-8-12(7-14-15)20-13-4-3-11(16(18)19)6-10(13)9-17/h3-4,6-9H,2,5H2,1H3. The quantitative estimate of drug-likeness (QED) is 0.459. The van der Waals surface area contributed by atoms with E-state index < -0.39 is 4.92 Å². The molecule has 1 aromatic heterocycles. The molecular formula is C13H13N3O4. The first-order valence-electron chi connectivity index (χ1n) is 6.08. The summed E-state index contributed by atoms with van der Waals surface area (Å²) in [5, 5.41) is 14.7. The number of carbonyl (C=O) groups excluding carboxylic acids is 1. The Hall–Kier alpha value is -2.70. The summed E-state index contributed by atoms with van der Waals surface area (Å²) >= 11 is 0. The van der Waals surface area contributed by atoms with Crippen molar-refractivity contribution in [1.82, 2.24) is 9.78 Å². The van der Waals surface area contributed by atoms with Gasteiger partial charge in [0.05, 0.1) is 22.9 Å². The first-order valence-corrected chi connectivity index (χ1v) is 6.08.